The van der Waals surface area contributed by atoms with Crippen molar-refractivity contribution in [3.8, 4) is 5.88 Å². The van der Waals surface area contributed by atoms with Crippen LogP contribution in [0.15, 0.2) is 57.0 Å². The number of ether oxygens (including phenoxy) is 4. The van der Waals surface area contributed by atoms with Crippen LogP contribution in [-0.2, 0) is 52.8 Å². The fourth-order valence-corrected chi connectivity index (χ4v) is 10.2. The van der Waals surface area contributed by atoms with E-state index in [1.165, 1.54) is 24.3 Å². The fraction of sp³-hybridized carbons (Fsp3) is 0.556. The Labute approximate surface area is 304 Å². The standard InChI is InChI=1S/C36H41N2O14S/c1-21-23-13-14-24-35(25(19-39)34(2,3)16-15-26(35)40)20-50-33(44)36(24,29(21)43)30(23)51-28(42)12-7-11-27(41)48-17-8-18-49-31-32(38(45)52-37-31)53(46,47)22-9-5-4-6-10-22/h4-6,9-10,19,23-25,30,37H,1,7-8,11-18,20H2,2-3H3/q+1/t23-,24-,25+,30+,35-,36-/m0/s1. The zero-order chi connectivity index (χ0) is 38.3. The van der Waals surface area contributed by atoms with Crippen LogP contribution >= 0.6 is 0 Å². The Morgan fingerprint density at radius 1 is 1.06 bits per heavy atom. The van der Waals surface area contributed by atoms with E-state index in [-0.39, 0.29) is 79.2 Å². The Balaban J connectivity index is 1.03. The molecule has 53 heavy (non-hydrogen) atoms. The molecule has 1 N–H and O–H groups in total. The van der Waals surface area contributed by atoms with E-state index in [4.69, 9.17) is 18.9 Å². The highest BCUT2D eigenvalue weighted by Gasteiger charge is 2.78. The molecule has 6 atom stereocenters. The SMILES string of the molecule is C=C1C(=O)[C@@]23C(=O)OC[C@]4(C(=O)CCC(C)(C)[C@H]4C=O)[C@@H]2CC[C@@H]1[C@H]3OC(=O)CCCC(=O)OCCCOc1[nH]o[n+](=O)c1S(=O)(=O)c1ccccc1. The predicted octanol–water partition coefficient (Wildman–Crippen LogP) is 2.65. The van der Waals surface area contributed by atoms with Gasteiger partial charge in [-0.2, -0.15) is 0 Å². The van der Waals surface area contributed by atoms with Crippen molar-refractivity contribution in [3.05, 3.63) is 47.4 Å². The van der Waals surface area contributed by atoms with Gasteiger partial charge in [-0.3, -0.25) is 24.0 Å². The van der Waals surface area contributed by atoms with Crippen molar-refractivity contribution >= 4 is 45.6 Å². The molecule has 4 fully saturated rings. The molecule has 16 nitrogen and oxygen atoms in total. The summed E-state index contributed by atoms with van der Waals surface area (Å²) in [5.41, 5.74) is -3.95. The summed E-state index contributed by atoms with van der Waals surface area (Å²) >= 11 is 0. The lowest BCUT2D eigenvalue weighted by Crippen LogP contribution is -2.70. The van der Waals surface area contributed by atoms with Gasteiger partial charge >= 0.3 is 28.8 Å². The molecule has 1 saturated heterocycles. The van der Waals surface area contributed by atoms with E-state index >= 15 is 0 Å². The van der Waals surface area contributed by atoms with Gasteiger partial charge in [-0.1, -0.05) is 43.3 Å². The van der Waals surface area contributed by atoms with Gasteiger partial charge in [0.15, 0.2) is 11.2 Å². The molecule has 6 rings (SSSR count). The lowest BCUT2D eigenvalue weighted by Gasteiger charge is -2.59. The van der Waals surface area contributed by atoms with Crippen molar-refractivity contribution in [2.45, 2.75) is 81.2 Å². The molecule has 0 amide bonds. The number of hydrogen-bond donors (Lipinski definition) is 1. The molecule has 0 unspecified atom stereocenters. The highest BCUT2D eigenvalue weighted by atomic mass is 32.2. The number of H-pyrrole nitrogens is 1. The van der Waals surface area contributed by atoms with Crippen LogP contribution in [0.4, 0.5) is 0 Å². The Morgan fingerprint density at radius 3 is 2.49 bits per heavy atom. The Bertz CT molecular complexity index is 2020. The minimum Gasteiger partial charge on any atom is -0.466 e. The lowest BCUT2D eigenvalue weighted by atomic mass is 9.44. The molecule has 4 aliphatic rings. The van der Waals surface area contributed by atoms with Crippen molar-refractivity contribution in [1.29, 1.82) is 0 Å². The molecular weight excluding hydrogens is 716 g/mol. The van der Waals surface area contributed by atoms with Crippen LogP contribution in [0.1, 0.15) is 65.2 Å². The number of carbonyl (C=O) groups is 6. The number of hydrogen-bond acceptors (Lipinski definition) is 14. The van der Waals surface area contributed by atoms with E-state index in [9.17, 15) is 42.1 Å². The second kappa shape index (κ2) is 14.1. The summed E-state index contributed by atoms with van der Waals surface area (Å²) in [5.74, 6) is -6.05. The quantitative estimate of drug-likeness (QED) is 0.0775. The Morgan fingerprint density at radius 2 is 1.77 bits per heavy atom. The summed E-state index contributed by atoms with van der Waals surface area (Å²) in [6.07, 6.45) is 0.349. The number of rotatable bonds is 13. The van der Waals surface area contributed by atoms with E-state index in [0.717, 1.165) is 6.29 Å². The van der Waals surface area contributed by atoms with Crippen molar-refractivity contribution in [1.82, 2.24) is 5.16 Å². The molecule has 2 spiro atoms. The largest absolute Gasteiger partial charge is 0.466 e. The number of benzene rings is 1. The number of aromatic amines is 1. The van der Waals surface area contributed by atoms with Crippen LogP contribution in [0.2, 0.25) is 0 Å². The third-order valence-electron chi connectivity index (χ3n) is 11.4. The van der Waals surface area contributed by atoms with Gasteiger partial charge in [-0.15, -0.1) is 0 Å². The predicted molar refractivity (Wildman–Crippen MR) is 177 cm³/mol. The molecule has 2 aromatic rings. The van der Waals surface area contributed by atoms with Crippen molar-refractivity contribution < 1.29 is 65.4 Å². The number of aldehydes is 1. The number of aromatic nitrogens is 2. The second-order valence-electron chi connectivity index (χ2n) is 14.7. The average molecular weight is 758 g/mol. The summed E-state index contributed by atoms with van der Waals surface area (Å²) in [6.45, 7) is 7.07. The molecule has 1 aliphatic heterocycles. The van der Waals surface area contributed by atoms with Gasteiger partial charge in [0.2, 0.25) is 4.60 Å². The number of esters is 3. The Kier molecular flexibility index (Phi) is 10.1. The summed E-state index contributed by atoms with van der Waals surface area (Å²) in [5, 5.41) is 1.35. The first-order valence-corrected chi connectivity index (χ1v) is 18.9. The maximum atomic E-state index is 14.0. The molecular formula is C36H41N2O14S+. The van der Waals surface area contributed by atoms with Gasteiger partial charge in [0.05, 0.1) is 23.5 Å². The van der Waals surface area contributed by atoms with E-state index in [1.807, 2.05) is 13.8 Å². The Hall–Kier alpha value is -4.93. The first-order chi connectivity index (χ1) is 25.1. The van der Waals surface area contributed by atoms with Gasteiger partial charge in [0, 0.05) is 43.4 Å². The summed E-state index contributed by atoms with van der Waals surface area (Å²) in [4.78, 5) is 91.6. The van der Waals surface area contributed by atoms with Gasteiger partial charge in [-0.25, -0.2) is 8.42 Å². The summed E-state index contributed by atoms with van der Waals surface area (Å²) in [7, 11) is -4.27. The van der Waals surface area contributed by atoms with Crippen LogP contribution in [0, 0.1) is 38.9 Å². The van der Waals surface area contributed by atoms with E-state index in [0.29, 0.717) is 12.8 Å². The molecule has 17 heteroatoms. The second-order valence-corrected chi connectivity index (χ2v) is 16.6. The van der Waals surface area contributed by atoms with Crippen LogP contribution in [0.3, 0.4) is 0 Å². The van der Waals surface area contributed by atoms with Crippen LogP contribution in [0.25, 0.3) is 0 Å². The third kappa shape index (κ3) is 6.11. The van der Waals surface area contributed by atoms with Crippen LogP contribution in [-0.4, -0.2) is 75.3 Å². The first kappa shape index (κ1) is 37.8. The van der Waals surface area contributed by atoms with Crippen LogP contribution < -0.4 is 9.34 Å². The molecule has 2 bridgehead atoms. The normalized spacial score (nSPS) is 28.9. The molecule has 2 heterocycles. The average Bonchev–Trinajstić information content (AvgIpc) is 3.55. The zero-order valence-corrected chi connectivity index (χ0v) is 30.1. The molecule has 1 aromatic carbocycles. The number of nitrogens with zero attached hydrogens (tertiary/aromatic N) is 1. The lowest BCUT2D eigenvalue weighted by molar-refractivity contribution is -0.744. The summed E-state index contributed by atoms with van der Waals surface area (Å²) in [6, 6.07) is 7.22. The van der Waals surface area contributed by atoms with E-state index < -0.39 is 84.5 Å². The maximum absolute atomic E-state index is 14.0. The highest BCUT2D eigenvalue weighted by molar-refractivity contribution is 7.91. The molecule has 3 aliphatic carbocycles. The number of ketones is 2. The number of nitrogens with one attached hydrogen (secondary N) is 1. The van der Waals surface area contributed by atoms with Crippen LogP contribution in [0.5, 0.6) is 5.88 Å². The van der Waals surface area contributed by atoms with Crippen molar-refractivity contribution in [3.63, 3.8) is 0 Å². The minimum atomic E-state index is -4.27. The van der Waals surface area contributed by atoms with E-state index in [1.54, 1.807) is 6.07 Å². The van der Waals surface area contributed by atoms with Crippen molar-refractivity contribution in [2.75, 3.05) is 19.8 Å². The van der Waals surface area contributed by atoms with E-state index in [2.05, 4.69) is 16.4 Å². The van der Waals surface area contributed by atoms with Crippen molar-refractivity contribution in [2.24, 2.45) is 34.0 Å². The topological polar surface area (TPSA) is 225 Å². The fourth-order valence-electron chi connectivity index (χ4n) is 8.84. The first-order valence-electron chi connectivity index (χ1n) is 17.5. The maximum Gasteiger partial charge on any atom is 0.404 e. The third-order valence-corrected chi connectivity index (χ3v) is 13.1. The molecule has 0 radical (unpaired) electrons. The van der Waals surface area contributed by atoms with Gasteiger partial charge in [0.25, 0.3) is 9.84 Å². The molecule has 3 saturated carbocycles. The number of Topliss-reactive ketones (excluding diaryl/α,β-unsaturated/α-hetero) is 2. The smallest absolute Gasteiger partial charge is 0.404 e. The number of carbonyl (C=O) groups excluding carboxylic acids is 6. The van der Waals surface area contributed by atoms with Gasteiger partial charge in [-0.05, 0) is 58.9 Å². The van der Waals surface area contributed by atoms with Gasteiger partial charge < -0.3 is 23.7 Å². The summed E-state index contributed by atoms with van der Waals surface area (Å²) < 4.78 is 52.2. The molecule has 1 aromatic heterocycles. The zero-order valence-electron chi connectivity index (χ0n) is 29.3. The number of fused-ring (bicyclic) bond motifs is 2. The number of sulfone groups is 1. The number of cyclic esters (lactones) is 1. The molecule has 284 valence electrons. The monoisotopic (exact) mass is 757 g/mol. The highest BCUT2D eigenvalue weighted by Crippen LogP contribution is 2.67. The minimum absolute atomic E-state index is 0.0132. The van der Waals surface area contributed by atoms with Gasteiger partial charge in [0.1, 0.15) is 24.8 Å².